The van der Waals surface area contributed by atoms with Crippen LogP contribution in [0.1, 0.15) is 209 Å². The topological polar surface area (TPSA) is 432 Å². The monoisotopic (exact) mass is 1940 g/mol. The summed E-state index contributed by atoms with van der Waals surface area (Å²) in [5, 5.41) is 32.1. The molecule has 22 rings (SSSR count). The summed E-state index contributed by atoms with van der Waals surface area (Å²) < 4.78 is 16.9. The number of rotatable bonds is 21. The molecule has 5 saturated heterocycles. The Hall–Kier alpha value is -17.5. The summed E-state index contributed by atoms with van der Waals surface area (Å²) in [5.41, 5.74) is 13.7. The van der Waals surface area contributed by atoms with Crippen LogP contribution in [0.3, 0.4) is 0 Å². The minimum atomic E-state index is -0.810. The van der Waals surface area contributed by atoms with E-state index in [-0.39, 0.29) is 37.0 Å². The van der Waals surface area contributed by atoms with Crippen LogP contribution in [0.15, 0.2) is 299 Å². The number of imide groups is 5. The molecule has 9 aromatic carbocycles. The number of carbonyl (C=O) groups excluding carboxylic acids is 15. The van der Waals surface area contributed by atoms with E-state index in [1.807, 2.05) is 121 Å². The lowest BCUT2D eigenvalue weighted by Gasteiger charge is -2.29. The molecule has 724 valence electrons. The van der Waals surface area contributed by atoms with Gasteiger partial charge in [0, 0.05) is 86.7 Å². The Morgan fingerprint density at radius 2 is 0.580 bits per heavy atom. The smallest absolute Gasteiger partial charge is 0.262 e. The lowest BCUT2D eigenvalue weighted by atomic mass is 10.0. The molecule has 0 spiro atoms. The Balaban J connectivity index is 0.000000123. The number of hydrogen-bond acceptors (Lipinski definition) is 23. The number of carbonyl (C=O) groups is 15. The van der Waals surface area contributed by atoms with Crippen LogP contribution in [0.2, 0.25) is 5.02 Å². The second-order valence-electron chi connectivity index (χ2n) is 35.3. The van der Waals surface area contributed by atoms with Gasteiger partial charge in [-0.15, -0.1) is 0 Å². The highest BCUT2D eigenvalue weighted by Crippen LogP contribution is 2.38. The Labute approximate surface area is 824 Å². The molecule has 3 aromatic heterocycles. The summed E-state index contributed by atoms with van der Waals surface area (Å²) in [6.45, 7) is 21.7. The molecule has 13 heterocycles. The van der Waals surface area contributed by atoms with Crippen LogP contribution in [0.5, 0.6) is 0 Å². The molecule has 10 aliphatic rings. The van der Waals surface area contributed by atoms with Crippen molar-refractivity contribution in [3.05, 3.63) is 381 Å². The van der Waals surface area contributed by atoms with E-state index in [9.17, 15) is 71.9 Å². The average Bonchev–Trinajstić information content (AvgIpc) is 1.63. The van der Waals surface area contributed by atoms with E-state index in [4.69, 9.17) is 24.9 Å². The zero-order valence-electron chi connectivity index (χ0n) is 76.6. The second kappa shape index (κ2) is 41.7. The predicted octanol–water partition coefficient (Wildman–Crippen LogP) is 15.5. The summed E-state index contributed by atoms with van der Waals surface area (Å²) in [5.74, 6) is -3.82. The van der Waals surface area contributed by atoms with E-state index in [1.165, 1.54) is 0 Å². The van der Waals surface area contributed by atoms with Crippen LogP contribution >= 0.6 is 11.6 Å². The van der Waals surface area contributed by atoms with E-state index in [0.717, 1.165) is 86.1 Å². The number of amides is 15. The minimum absolute atomic E-state index is 0. The largest absolute Gasteiger partial charge is 0.467 e. The van der Waals surface area contributed by atoms with Gasteiger partial charge in [-0.1, -0.05) is 137 Å². The van der Waals surface area contributed by atoms with Gasteiger partial charge in [0.2, 0.25) is 29.5 Å². The van der Waals surface area contributed by atoms with Crippen molar-refractivity contribution in [1.82, 2.24) is 56.4 Å². The fraction of sp³-hybridized carbons (Fsp3) is 0.202. The maximum absolute atomic E-state index is 12.9. The molecule has 10 N–H and O–H groups in total. The van der Waals surface area contributed by atoms with Crippen LogP contribution in [-0.4, -0.2) is 143 Å². The maximum atomic E-state index is 12.9. The van der Waals surface area contributed by atoms with Gasteiger partial charge in [-0.2, -0.15) is 0 Å². The van der Waals surface area contributed by atoms with Crippen LogP contribution in [0.25, 0.3) is 21.9 Å². The normalized spacial score (nSPS) is 18.8. The highest BCUT2D eigenvalue weighted by molar-refractivity contribution is 6.31. The fourth-order valence-electron chi connectivity index (χ4n) is 18.4. The van der Waals surface area contributed by atoms with E-state index in [0.29, 0.717) is 210 Å². The predicted molar refractivity (Wildman–Crippen MR) is 532 cm³/mol. The van der Waals surface area contributed by atoms with Gasteiger partial charge in [-0.3, -0.25) is 96.4 Å². The van der Waals surface area contributed by atoms with E-state index in [2.05, 4.69) is 86.1 Å². The van der Waals surface area contributed by atoms with E-state index in [1.54, 1.807) is 103 Å². The summed E-state index contributed by atoms with van der Waals surface area (Å²) >= 11 is 6.00. The van der Waals surface area contributed by atoms with Crippen molar-refractivity contribution in [2.75, 3.05) is 21.3 Å². The molecule has 5 fully saturated rings. The molecule has 10 aliphatic heterocycles. The molecule has 33 nitrogen and oxygen atoms in total. The average molecular weight is 1940 g/mol. The number of fused-ring (bicyclic) bond motifs is 7. The molecule has 12 aromatic rings. The molecule has 0 bridgehead atoms. The zero-order chi connectivity index (χ0) is 99.4. The third-order valence-electron chi connectivity index (χ3n) is 25.6. The molecule has 143 heavy (non-hydrogen) atoms. The Morgan fingerprint density at radius 1 is 0.280 bits per heavy atom. The standard InChI is InChI=1S/C24H21N3O4.C23H19N3O4.C21H18ClN3O3.C21H19N3O3.C19H17N3O4.CH4/c1-14-6-9-20(22(28)26-14)27-23(29)18-8-7-15(10-19(18)24(27)30)12-25-13-17-11-16-4-2-3-5-21(16)31-17;1-13-6-9-19(21(27)25-13)26-22(28)17-8-7-15(11-18(17)23(26)29)24-12-16-10-14-4-2-3-5-20(14)30-16;1-12-5-8-18(19(26)24-12)25-20(27)16-7-6-15(10-17(16)21(25)28)23-11-13-3-2-4-14(22)9-13;1-13-7-10-18(19(25)23-13)24-20(26)16-9-8-15(11-17(16)21(24)27)22-12-14-5-3-2-4-6-14;1-11-4-7-16(17(23)21-11)22-18(24)14-6-5-12(9-15(14)19(22)25)20-10-13-3-2-8-26-13;/h2-5,7-8,10-11,20,25H,1,6,9,12-13H2,(H,26,28);2-5,7-8,10-11,19,24H,1,6,9,12H2,(H,25,27);2-4,6-7,9-10,18,23H,1,5,8,11H2,(H,24,26);2-6,8-9,11,18,22H,1,7,10,12H2,(H,23,25);2-3,5-6,8-9,16,20H,1,4,7,10H2,(H,21,23);1H4. The van der Waals surface area contributed by atoms with Crippen molar-refractivity contribution < 1.29 is 85.2 Å². The van der Waals surface area contributed by atoms with Crippen molar-refractivity contribution in [1.29, 1.82) is 0 Å². The number of hydrogen-bond donors (Lipinski definition) is 10. The first kappa shape index (κ1) is 97.2. The number of benzene rings is 9. The minimum Gasteiger partial charge on any atom is -0.467 e. The molecule has 5 unspecified atom stereocenters. The molecule has 0 aliphatic carbocycles. The zero-order valence-corrected chi connectivity index (χ0v) is 77.3. The number of allylic oxidation sites excluding steroid dienone is 5. The highest BCUT2D eigenvalue weighted by Gasteiger charge is 2.50. The molecule has 15 amide bonds. The first-order valence-corrected chi connectivity index (χ1v) is 46.4. The first-order valence-electron chi connectivity index (χ1n) is 46.0. The Kier molecular flexibility index (Phi) is 28.3. The lowest BCUT2D eigenvalue weighted by molar-refractivity contribution is -0.126. The van der Waals surface area contributed by atoms with Gasteiger partial charge in [-0.05, 0) is 214 Å². The third-order valence-corrected chi connectivity index (χ3v) is 25.9. The lowest BCUT2D eigenvalue weighted by Crippen LogP contribution is -2.51. The van der Waals surface area contributed by atoms with Crippen LogP contribution < -0.4 is 53.2 Å². The van der Waals surface area contributed by atoms with Gasteiger partial charge in [0.15, 0.2) is 0 Å². The van der Waals surface area contributed by atoms with Crippen molar-refractivity contribution in [3.63, 3.8) is 0 Å². The number of piperidine rings is 5. The SMILES string of the molecule is C.C=C1CCC(N2C(=O)c3ccc(CNCc4cc5ccccc5o4)cc3C2=O)C(=O)N1.C=C1CCC(N2C(=O)c3ccc(NCc4cc5ccccc5o4)cc3C2=O)C(=O)N1.C=C1CCC(N2C(=O)c3ccc(NCc4cccc(Cl)c4)cc3C2=O)C(=O)N1.C=C1CCC(N2C(=O)c3ccc(NCc4ccccc4)cc3C2=O)C(=O)N1.C=C1CCC(N2C(=O)c3ccc(NCc4ccco4)cc3C2=O)C(=O)N1. The second-order valence-corrected chi connectivity index (χ2v) is 35.7. The Morgan fingerprint density at radius 3 is 0.923 bits per heavy atom. The fourth-order valence-corrected chi connectivity index (χ4v) is 18.6. The number of halogens is 1. The van der Waals surface area contributed by atoms with Gasteiger partial charge in [0.05, 0.1) is 81.5 Å². The van der Waals surface area contributed by atoms with Gasteiger partial charge in [-0.25, -0.2) is 0 Å². The number of anilines is 4. The third kappa shape index (κ3) is 20.6. The Bertz CT molecular complexity index is 7280. The molecule has 0 radical (unpaired) electrons. The summed E-state index contributed by atoms with van der Waals surface area (Å²) in [6.07, 6.45) is 6.24. The van der Waals surface area contributed by atoms with Crippen molar-refractivity contribution >= 4 is 145 Å². The van der Waals surface area contributed by atoms with E-state index >= 15 is 0 Å². The molecule has 5 atom stereocenters. The molecule has 34 heteroatoms. The van der Waals surface area contributed by atoms with Crippen LogP contribution in [-0.2, 0) is 63.2 Å². The number of furan rings is 3. The summed E-state index contributed by atoms with van der Waals surface area (Å²) in [7, 11) is 0. The van der Waals surface area contributed by atoms with Gasteiger partial charge >= 0.3 is 0 Å². The maximum Gasteiger partial charge on any atom is 0.262 e. The molecular weight excluding hydrogens is 1840 g/mol. The van der Waals surface area contributed by atoms with Crippen molar-refractivity contribution in [2.24, 2.45) is 0 Å². The quantitative estimate of drug-likeness (QED) is 0.0299. The highest BCUT2D eigenvalue weighted by atomic mass is 35.5. The van der Waals surface area contributed by atoms with Gasteiger partial charge in [0.1, 0.15) is 58.7 Å². The molecule has 0 saturated carbocycles. The number of para-hydroxylation sites is 2. The summed E-state index contributed by atoms with van der Waals surface area (Å²) in [6, 6.07) is 61.9. The van der Waals surface area contributed by atoms with Crippen molar-refractivity contribution in [3.8, 4) is 0 Å². The number of nitrogens with zero attached hydrogens (tertiary/aromatic N) is 5. The van der Waals surface area contributed by atoms with Crippen molar-refractivity contribution in [2.45, 2.75) is 141 Å². The van der Waals surface area contributed by atoms with E-state index < -0.39 is 89.3 Å². The van der Waals surface area contributed by atoms with Gasteiger partial charge in [0.25, 0.3) is 59.1 Å². The van der Waals surface area contributed by atoms with Crippen LogP contribution in [0, 0.1) is 0 Å². The van der Waals surface area contributed by atoms with Crippen LogP contribution in [0.4, 0.5) is 22.7 Å². The number of nitrogens with one attached hydrogen (secondary N) is 10. The molecular formula is C109H98ClN15O18. The summed E-state index contributed by atoms with van der Waals surface area (Å²) in [4.78, 5) is 195. The van der Waals surface area contributed by atoms with Gasteiger partial charge < -0.3 is 66.4 Å². The first-order chi connectivity index (χ1) is 68.5.